The fourth-order valence-electron chi connectivity index (χ4n) is 2.46. The lowest BCUT2D eigenvalue weighted by Crippen LogP contribution is -2.37. The van der Waals surface area contributed by atoms with Crippen LogP contribution >= 0.6 is 0 Å². The molecule has 0 spiro atoms. The third-order valence-corrected chi connectivity index (χ3v) is 3.34. The van der Waals surface area contributed by atoms with Crippen molar-refractivity contribution >= 4 is 11.0 Å². The van der Waals surface area contributed by atoms with E-state index in [1.807, 2.05) is 18.4 Å². The van der Waals surface area contributed by atoms with Crippen LogP contribution in [0.4, 0.5) is 0 Å². The van der Waals surface area contributed by atoms with E-state index < -0.39 is 0 Å². The molecule has 2 heteroatoms. The molecule has 2 N–H and O–H groups in total. The third kappa shape index (κ3) is 1.55. The molecule has 0 unspecified atom stereocenters. The fourth-order valence-corrected chi connectivity index (χ4v) is 2.46. The Morgan fingerprint density at radius 1 is 1.27 bits per heavy atom. The van der Waals surface area contributed by atoms with Crippen molar-refractivity contribution in [2.45, 2.75) is 25.3 Å². The first-order valence-electron chi connectivity index (χ1n) is 5.53. The van der Waals surface area contributed by atoms with E-state index in [1.165, 1.54) is 23.8 Å². The number of benzene rings is 1. The molecular formula is C13H15NO. The van der Waals surface area contributed by atoms with Crippen molar-refractivity contribution in [2.24, 2.45) is 11.7 Å². The molecule has 0 aliphatic heterocycles. The number of nitrogens with two attached hydrogens (primary N) is 1. The number of fused-ring (bicyclic) bond motifs is 1. The van der Waals surface area contributed by atoms with E-state index in [2.05, 4.69) is 12.1 Å². The van der Waals surface area contributed by atoms with Gasteiger partial charge in [0.05, 0.1) is 6.26 Å². The molecule has 2 nitrogen and oxygen atoms in total. The van der Waals surface area contributed by atoms with Gasteiger partial charge in [-0.15, -0.1) is 0 Å². The maximum atomic E-state index is 5.79. The van der Waals surface area contributed by atoms with Gasteiger partial charge in [0.15, 0.2) is 0 Å². The van der Waals surface area contributed by atoms with Crippen molar-refractivity contribution in [1.29, 1.82) is 0 Å². The molecule has 2 aromatic rings. The highest BCUT2D eigenvalue weighted by molar-refractivity contribution is 5.80. The number of hydrogen-bond donors (Lipinski definition) is 1. The van der Waals surface area contributed by atoms with Crippen molar-refractivity contribution in [2.75, 3.05) is 0 Å². The van der Waals surface area contributed by atoms with Gasteiger partial charge in [0.2, 0.25) is 0 Å². The second-order valence-corrected chi connectivity index (χ2v) is 4.56. The Morgan fingerprint density at radius 2 is 2.07 bits per heavy atom. The zero-order valence-electron chi connectivity index (χ0n) is 8.65. The van der Waals surface area contributed by atoms with Gasteiger partial charge in [-0.25, -0.2) is 0 Å². The van der Waals surface area contributed by atoms with Crippen LogP contribution in [-0.2, 0) is 6.42 Å². The number of para-hydroxylation sites is 1. The second-order valence-electron chi connectivity index (χ2n) is 4.56. The third-order valence-electron chi connectivity index (χ3n) is 3.34. The topological polar surface area (TPSA) is 39.2 Å². The van der Waals surface area contributed by atoms with E-state index in [9.17, 15) is 0 Å². The summed E-state index contributed by atoms with van der Waals surface area (Å²) < 4.78 is 5.51. The molecule has 1 fully saturated rings. The predicted molar refractivity (Wildman–Crippen MR) is 60.6 cm³/mol. The van der Waals surface area contributed by atoms with E-state index in [1.54, 1.807) is 0 Å². The molecule has 1 saturated carbocycles. The molecule has 78 valence electrons. The lowest BCUT2D eigenvalue weighted by Gasteiger charge is -2.32. The molecular weight excluding hydrogens is 186 g/mol. The van der Waals surface area contributed by atoms with E-state index in [0.29, 0.717) is 6.04 Å². The van der Waals surface area contributed by atoms with E-state index in [4.69, 9.17) is 10.2 Å². The molecule has 1 aliphatic carbocycles. The molecule has 0 saturated heterocycles. The summed E-state index contributed by atoms with van der Waals surface area (Å²) in [6, 6.07) is 8.66. The molecule has 1 aliphatic rings. The Balaban J connectivity index is 1.85. The Bertz CT molecular complexity index is 468. The summed E-state index contributed by atoms with van der Waals surface area (Å²) in [5.41, 5.74) is 8.12. The lowest BCUT2D eigenvalue weighted by molar-refractivity contribution is 0.264. The number of hydrogen-bond acceptors (Lipinski definition) is 2. The van der Waals surface area contributed by atoms with Gasteiger partial charge < -0.3 is 10.2 Å². The first-order valence-corrected chi connectivity index (χ1v) is 5.53. The highest BCUT2D eigenvalue weighted by atomic mass is 16.3. The van der Waals surface area contributed by atoms with Crippen LogP contribution in [0.1, 0.15) is 18.4 Å². The number of rotatable bonds is 2. The molecule has 1 aromatic carbocycles. The minimum atomic E-state index is 0.438. The minimum absolute atomic E-state index is 0.438. The molecule has 0 atom stereocenters. The Kier molecular flexibility index (Phi) is 2.03. The van der Waals surface area contributed by atoms with Gasteiger partial charge in [0, 0.05) is 11.4 Å². The van der Waals surface area contributed by atoms with Crippen LogP contribution in [0.3, 0.4) is 0 Å². The molecule has 3 rings (SSSR count). The molecule has 1 aromatic heterocycles. The maximum Gasteiger partial charge on any atom is 0.134 e. The van der Waals surface area contributed by atoms with Gasteiger partial charge in [0.25, 0.3) is 0 Å². The van der Waals surface area contributed by atoms with Crippen LogP contribution in [0, 0.1) is 5.92 Å². The average Bonchev–Trinajstić information content (AvgIpc) is 2.60. The number of furan rings is 1. The fraction of sp³-hybridized carbons (Fsp3) is 0.385. The zero-order chi connectivity index (χ0) is 10.3. The summed E-state index contributed by atoms with van der Waals surface area (Å²) in [7, 11) is 0. The van der Waals surface area contributed by atoms with Gasteiger partial charge in [-0.3, -0.25) is 0 Å². The first kappa shape index (κ1) is 8.98. The van der Waals surface area contributed by atoms with Crippen LogP contribution in [0.25, 0.3) is 11.0 Å². The van der Waals surface area contributed by atoms with Crippen molar-refractivity contribution in [3.05, 3.63) is 36.1 Å². The van der Waals surface area contributed by atoms with E-state index >= 15 is 0 Å². The average molecular weight is 201 g/mol. The van der Waals surface area contributed by atoms with Gasteiger partial charge in [0.1, 0.15) is 5.58 Å². The van der Waals surface area contributed by atoms with Gasteiger partial charge in [-0.1, -0.05) is 18.2 Å². The van der Waals surface area contributed by atoms with E-state index in [-0.39, 0.29) is 0 Å². The molecule has 1 heterocycles. The summed E-state index contributed by atoms with van der Waals surface area (Å²) >= 11 is 0. The molecule has 0 bridgehead atoms. The Morgan fingerprint density at radius 3 is 2.87 bits per heavy atom. The normalized spacial score (nSPS) is 25.4. The first-order chi connectivity index (χ1) is 7.33. The van der Waals surface area contributed by atoms with Gasteiger partial charge in [-0.2, -0.15) is 0 Å². The smallest absolute Gasteiger partial charge is 0.134 e. The minimum Gasteiger partial charge on any atom is -0.464 e. The van der Waals surface area contributed by atoms with Crippen molar-refractivity contribution < 1.29 is 4.42 Å². The van der Waals surface area contributed by atoms with E-state index in [0.717, 1.165) is 17.9 Å². The van der Waals surface area contributed by atoms with Crippen LogP contribution in [-0.4, -0.2) is 6.04 Å². The summed E-state index contributed by atoms with van der Waals surface area (Å²) in [4.78, 5) is 0. The van der Waals surface area contributed by atoms with Crippen LogP contribution in [0.2, 0.25) is 0 Å². The Labute approximate surface area is 89.1 Å². The summed E-state index contributed by atoms with van der Waals surface area (Å²) in [5, 5.41) is 1.26. The summed E-state index contributed by atoms with van der Waals surface area (Å²) in [6.07, 6.45) is 5.35. The monoisotopic (exact) mass is 201 g/mol. The summed E-state index contributed by atoms with van der Waals surface area (Å²) in [5.74, 6) is 0.765. The van der Waals surface area contributed by atoms with Crippen molar-refractivity contribution in [3.8, 4) is 0 Å². The van der Waals surface area contributed by atoms with Crippen LogP contribution in [0.15, 0.2) is 34.9 Å². The van der Waals surface area contributed by atoms with Crippen LogP contribution < -0.4 is 5.73 Å². The highest BCUT2D eigenvalue weighted by Gasteiger charge is 2.26. The zero-order valence-corrected chi connectivity index (χ0v) is 8.65. The molecule has 15 heavy (non-hydrogen) atoms. The van der Waals surface area contributed by atoms with Gasteiger partial charge >= 0.3 is 0 Å². The quantitative estimate of drug-likeness (QED) is 0.811. The highest BCUT2D eigenvalue weighted by Crippen LogP contribution is 2.32. The SMILES string of the molecule is NC1CC(Cc2coc3ccccc23)C1. The largest absolute Gasteiger partial charge is 0.464 e. The maximum absolute atomic E-state index is 5.79. The van der Waals surface area contributed by atoms with Crippen molar-refractivity contribution in [3.63, 3.8) is 0 Å². The van der Waals surface area contributed by atoms with Crippen molar-refractivity contribution in [1.82, 2.24) is 0 Å². The van der Waals surface area contributed by atoms with Crippen LogP contribution in [0.5, 0.6) is 0 Å². The second kappa shape index (κ2) is 3.38. The molecule has 0 radical (unpaired) electrons. The summed E-state index contributed by atoms with van der Waals surface area (Å²) in [6.45, 7) is 0. The predicted octanol–water partition coefficient (Wildman–Crippen LogP) is 2.71. The Hall–Kier alpha value is -1.28. The van der Waals surface area contributed by atoms with Gasteiger partial charge in [-0.05, 0) is 36.8 Å². The standard InChI is InChI=1S/C13H15NO/c14-11-6-9(7-11)5-10-8-15-13-4-2-1-3-12(10)13/h1-4,8-9,11H,5-7,14H2. The molecule has 0 amide bonds. The lowest BCUT2D eigenvalue weighted by atomic mass is 9.77.